The van der Waals surface area contributed by atoms with Crippen molar-refractivity contribution in [1.82, 2.24) is 4.98 Å². The predicted molar refractivity (Wildman–Crippen MR) is 74.9 cm³/mol. The Morgan fingerprint density at radius 2 is 1.85 bits per heavy atom. The molecular formula is C16H13NO3. The van der Waals surface area contributed by atoms with Crippen LogP contribution in [0.3, 0.4) is 0 Å². The van der Waals surface area contributed by atoms with E-state index in [-0.39, 0.29) is 5.97 Å². The number of carbonyl (C=O) groups is 1. The second-order valence-electron chi connectivity index (χ2n) is 4.62. The first-order chi connectivity index (χ1) is 9.61. The van der Waals surface area contributed by atoms with Crippen LogP contribution in [0.4, 0.5) is 0 Å². The molecule has 1 heterocycles. The third-order valence-corrected chi connectivity index (χ3v) is 2.96. The van der Waals surface area contributed by atoms with Crippen LogP contribution in [0.15, 0.2) is 46.9 Å². The van der Waals surface area contributed by atoms with Gasteiger partial charge >= 0.3 is 5.97 Å². The lowest BCUT2D eigenvalue weighted by atomic mass is 10.1. The van der Waals surface area contributed by atoms with Gasteiger partial charge in [-0.2, -0.15) is 0 Å². The van der Waals surface area contributed by atoms with Crippen molar-refractivity contribution in [2.24, 2.45) is 0 Å². The molecule has 3 aromatic rings. The lowest BCUT2D eigenvalue weighted by Gasteiger charge is -2.04. The van der Waals surface area contributed by atoms with Crippen LogP contribution >= 0.6 is 0 Å². The van der Waals surface area contributed by atoms with Gasteiger partial charge in [-0.15, -0.1) is 0 Å². The van der Waals surface area contributed by atoms with Gasteiger partial charge in [0.2, 0.25) is 0 Å². The van der Waals surface area contributed by atoms with E-state index in [1.165, 1.54) is 0 Å². The largest absolute Gasteiger partial charge is 0.441 e. The Hall–Kier alpha value is -2.62. The van der Waals surface area contributed by atoms with Gasteiger partial charge in [-0.25, -0.2) is 9.78 Å². The van der Waals surface area contributed by atoms with Gasteiger partial charge < -0.3 is 9.15 Å². The van der Waals surface area contributed by atoms with E-state index < -0.39 is 0 Å². The molecule has 0 amide bonds. The number of hydrogen-bond acceptors (Lipinski definition) is 4. The zero-order valence-corrected chi connectivity index (χ0v) is 11.2. The van der Waals surface area contributed by atoms with E-state index in [0.29, 0.717) is 28.3 Å². The number of esters is 1. The Morgan fingerprint density at radius 3 is 2.60 bits per heavy atom. The fraction of sp³-hybridized carbons (Fsp3) is 0.125. The topological polar surface area (TPSA) is 52.3 Å². The molecule has 4 heteroatoms. The van der Waals surface area contributed by atoms with E-state index >= 15 is 0 Å². The summed E-state index contributed by atoms with van der Waals surface area (Å²) in [6.45, 7) is 3.74. The summed E-state index contributed by atoms with van der Waals surface area (Å²) in [4.78, 5) is 16.2. The van der Waals surface area contributed by atoms with Gasteiger partial charge in [-0.1, -0.05) is 17.7 Å². The number of oxazole rings is 1. The van der Waals surface area contributed by atoms with Crippen LogP contribution in [0.25, 0.3) is 11.1 Å². The third kappa shape index (κ3) is 2.40. The molecule has 0 aliphatic carbocycles. The lowest BCUT2D eigenvalue weighted by molar-refractivity contribution is 0.0735. The number of ether oxygens (including phenoxy) is 1. The molecule has 1 aromatic heterocycles. The van der Waals surface area contributed by atoms with Crippen molar-refractivity contribution in [2.45, 2.75) is 13.8 Å². The number of benzene rings is 2. The Kier molecular flexibility index (Phi) is 2.99. The van der Waals surface area contributed by atoms with Crippen molar-refractivity contribution in [1.29, 1.82) is 0 Å². The summed E-state index contributed by atoms with van der Waals surface area (Å²) in [5.74, 6) is 0.656. The predicted octanol–water partition coefficient (Wildman–Crippen LogP) is 3.66. The fourth-order valence-electron chi connectivity index (χ4n) is 1.94. The quantitative estimate of drug-likeness (QED) is 0.525. The van der Waals surface area contributed by atoms with E-state index in [2.05, 4.69) is 4.98 Å². The standard InChI is InChI=1S/C16H13NO3/c1-10-3-5-12(6-4-10)16(18)20-13-7-8-15-14(9-13)17-11(2)19-15/h3-9H,1-2H3. The number of hydrogen-bond donors (Lipinski definition) is 0. The molecule has 2 aromatic carbocycles. The lowest BCUT2D eigenvalue weighted by Crippen LogP contribution is -2.08. The minimum atomic E-state index is -0.385. The molecule has 0 aliphatic rings. The Balaban J connectivity index is 1.84. The highest BCUT2D eigenvalue weighted by Gasteiger charge is 2.10. The van der Waals surface area contributed by atoms with Gasteiger partial charge in [0.1, 0.15) is 11.3 Å². The minimum absolute atomic E-state index is 0.385. The molecule has 3 rings (SSSR count). The first-order valence-electron chi connectivity index (χ1n) is 6.28. The molecule has 0 aliphatic heterocycles. The van der Waals surface area contributed by atoms with Gasteiger partial charge in [-0.05, 0) is 31.2 Å². The summed E-state index contributed by atoms with van der Waals surface area (Å²) in [7, 11) is 0. The summed E-state index contributed by atoms with van der Waals surface area (Å²) in [6, 6.07) is 12.4. The van der Waals surface area contributed by atoms with Crippen LogP contribution in [-0.2, 0) is 0 Å². The number of aromatic nitrogens is 1. The van der Waals surface area contributed by atoms with Gasteiger partial charge in [0, 0.05) is 13.0 Å². The van der Waals surface area contributed by atoms with Crippen LogP contribution in [-0.4, -0.2) is 11.0 Å². The average molecular weight is 267 g/mol. The first-order valence-corrected chi connectivity index (χ1v) is 6.28. The van der Waals surface area contributed by atoms with E-state index in [0.717, 1.165) is 5.56 Å². The van der Waals surface area contributed by atoms with E-state index in [1.54, 1.807) is 37.3 Å². The molecule has 100 valence electrons. The van der Waals surface area contributed by atoms with Crippen LogP contribution in [0.1, 0.15) is 21.8 Å². The summed E-state index contributed by atoms with van der Waals surface area (Å²) in [6.07, 6.45) is 0. The highest BCUT2D eigenvalue weighted by Crippen LogP contribution is 2.22. The molecular weight excluding hydrogens is 254 g/mol. The smallest absolute Gasteiger partial charge is 0.343 e. The highest BCUT2D eigenvalue weighted by molar-refractivity contribution is 5.91. The number of fused-ring (bicyclic) bond motifs is 1. The van der Waals surface area contributed by atoms with Crippen molar-refractivity contribution in [3.63, 3.8) is 0 Å². The molecule has 20 heavy (non-hydrogen) atoms. The summed E-state index contributed by atoms with van der Waals surface area (Å²) in [5, 5.41) is 0. The van der Waals surface area contributed by atoms with Crippen molar-refractivity contribution in [3.05, 3.63) is 59.5 Å². The van der Waals surface area contributed by atoms with Crippen LogP contribution in [0, 0.1) is 13.8 Å². The Labute approximate surface area is 116 Å². The normalized spacial score (nSPS) is 10.7. The van der Waals surface area contributed by atoms with Crippen molar-refractivity contribution < 1.29 is 13.9 Å². The molecule has 0 atom stereocenters. The van der Waals surface area contributed by atoms with E-state index in [9.17, 15) is 4.79 Å². The average Bonchev–Trinajstić information content (AvgIpc) is 2.78. The zero-order valence-electron chi connectivity index (χ0n) is 11.2. The van der Waals surface area contributed by atoms with E-state index in [4.69, 9.17) is 9.15 Å². The maximum atomic E-state index is 12.0. The van der Waals surface area contributed by atoms with Gasteiger partial charge in [0.25, 0.3) is 0 Å². The van der Waals surface area contributed by atoms with E-state index in [1.807, 2.05) is 19.1 Å². The molecule has 0 bridgehead atoms. The molecule has 0 N–H and O–H groups in total. The van der Waals surface area contributed by atoms with Gasteiger partial charge in [0.05, 0.1) is 5.56 Å². The number of aryl methyl sites for hydroxylation is 2. The molecule has 0 saturated carbocycles. The maximum absolute atomic E-state index is 12.0. The molecule has 0 saturated heterocycles. The van der Waals surface area contributed by atoms with Crippen LogP contribution < -0.4 is 4.74 Å². The Bertz CT molecular complexity index is 772. The summed E-state index contributed by atoms with van der Waals surface area (Å²) >= 11 is 0. The molecule has 0 radical (unpaired) electrons. The Morgan fingerprint density at radius 1 is 1.10 bits per heavy atom. The monoisotopic (exact) mass is 267 g/mol. The summed E-state index contributed by atoms with van der Waals surface area (Å²) in [5.41, 5.74) is 2.97. The number of carbonyl (C=O) groups excluding carboxylic acids is 1. The second kappa shape index (κ2) is 4.81. The van der Waals surface area contributed by atoms with Gasteiger partial charge in [-0.3, -0.25) is 0 Å². The maximum Gasteiger partial charge on any atom is 0.343 e. The minimum Gasteiger partial charge on any atom is -0.441 e. The van der Waals surface area contributed by atoms with Crippen LogP contribution in [0.5, 0.6) is 5.75 Å². The first kappa shape index (κ1) is 12.4. The molecule has 0 unspecified atom stereocenters. The second-order valence-corrected chi connectivity index (χ2v) is 4.62. The third-order valence-electron chi connectivity index (χ3n) is 2.96. The highest BCUT2D eigenvalue weighted by atomic mass is 16.5. The molecule has 0 spiro atoms. The van der Waals surface area contributed by atoms with Gasteiger partial charge in [0.15, 0.2) is 11.5 Å². The molecule has 4 nitrogen and oxygen atoms in total. The summed E-state index contributed by atoms with van der Waals surface area (Å²) < 4.78 is 10.7. The van der Waals surface area contributed by atoms with Crippen molar-refractivity contribution >= 4 is 17.1 Å². The fourth-order valence-corrected chi connectivity index (χ4v) is 1.94. The van der Waals surface area contributed by atoms with Crippen molar-refractivity contribution in [2.75, 3.05) is 0 Å². The van der Waals surface area contributed by atoms with Crippen molar-refractivity contribution in [3.8, 4) is 5.75 Å². The zero-order chi connectivity index (χ0) is 14.1. The SMILES string of the molecule is Cc1ccc(C(=O)Oc2ccc3oc(C)nc3c2)cc1. The number of rotatable bonds is 2. The van der Waals surface area contributed by atoms with Crippen LogP contribution in [0.2, 0.25) is 0 Å². The molecule has 0 fully saturated rings. The number of nitrogens with zero attached hydrogens (tertiary/aromatic N) is 1.